The number of hydrogen-bond acceptors (Lipinski definition) is 3. The van der Waals surface area contributed by atoms with Crippen LogP contribution in [-0.2, 0) is 14.8 Å². The van der Waals surface area contributed by atoms with Crippen molar-refractivity contribution in [2.75, 3.05) is 16.2 Å². The second kappa shape index (κ2) is 9.32. The number of nitrogens with one attached hydrogen (secondary N) is 1. The quantitative estimate of drug-likeness (QED) is 0.429. The van der Waals surface area contributed by atoms with E-state index in [0.717, 1.165) is 24.4 Å². The van der Waals surface area contributed by atoms with E-state index < -0.39 is 15.9 Å². The highest BCUT2D eigenvalue weighted by atomic mass is 79.9. The van der Waals surface area contributed by atoms with E-state index >= 15 is 0 Å². The molecule has 156 valence electrons. The van der Waals surface area contributed by atoms with Crippen molar-refractivity contribution in [3.05, 3.63) is 86.8 Å². The maximum atomic E-state index is 13.3. The van der Waals surface area contributed by atoms with Crippen LogP contribution in [0.5, 0.6) is 0 Å². The summed E-state index contributed by atoms with van der Waals surface area (Å²) in [5, 5.41) is 2.78. The number of carbonyl (C=O) groups is 1. The van der Waals surface area contributed by atoms with E-state index in [-0.39, 0.29) is 11.4 Å². The lowest BCUT2D eigenvalue weighted by Gasteiger charge is -2.24. The molecule has 0 aliphatic carbocycles. The summed E-state index contributed by atoms with van der Waals surface area (Å²) in [5.41, 5.74) is 2.92. The highest BCUT2D eigenvalue weighted by Crippen LogP contribution is 2.26. The summed E-state index contributed by atoms with van der Waals surface area (Å²) in [6.07, 6.45) is 0. The average molecular weight is 552 g/mol. The van der Waals surface area contributed by atoms with Crippen molar-refractivity contribution in [2.24, 2.45) is 0 Å². The molecule has 0 fully saturated rings. The number of carbonyl (C=O) groups excluding carboxylic acids is 1. The van der Waals surface area contributed by atoms with Crippen molar-refractivity contribution in [3.8, 4) is 0 Å². The molecule has 0 atom stereocenters. The summed E-state index contributed by atoms with van der Waals surface area (Å²) >= 11 is 6.78. The number of hydrogen-bond donors (Lipinski definition) is 1. The van der Waals surface area contributed by atoms with Crippen molar-refractivity contribution in [2.45, 2.75) is 18.7 Å². The summed E-state index contributed by atoms with van der Waals surface area (Å²) in [6.45, 7) is 3.44. The molecule has 0 spiro atoms. The minimum atomic E-state index is -3.94. The van der Waals surface area contributed by atoms with Gasteiger partial charge in [0.1, 0.15) is 6.54 Å². The van der Waals surface area contributed by atoms with Crippen LogP contribution in [0.4, 0.5) is 11.4 Å². The Morgan fingerprint density at radius 1 is 0.933 bits per heavy atom. The first-order valence-electron chi connectivity index (χ1n) is 9.08. The zero-order valence-corrected chi connectivity index (χ0v) is 20.4. The number of anilines is 2. The number of halogens is 2. The molecule has 1 amide bonds. The third-order valence-electron chi connectivity index (χ3n) is 4.45. The van der Waals surface area contributed by atoms with Gasteiger partial charge in [-0.15, -0.1) is 0 Å². The van der Waals surface area contributed by atoms with Crippen LogP contribution in [0, 0.1) is 13.8 Å². The topological polar surface area (TPSA) is 66.5 Å². The molecule has 0 aliphatic heterocycles. The Morgan fingerprint density at radius 2 is 1.57 bits per heavy atom. The normalized spacial score (nSPS) is 11.2. The smallest absolute Gasteiger partial charge is 0.264 e. The van der Waals surface area contributed by atoms with Gasteiger partial charge < -0.3 is 5.32 Å². The summed E-state index contributed by atoms with van der Waals surface area (Å²) in [6, 6.07) is 18.8. The molecule has 0 radical (unpaired) electrons. The molecule has 3 aromatic rings. The fourth-order valence-corrected chi connectivity index (χ4v) is 4.75. The Hall–Kier alpha value is -2.16. The Bertz CT molecular complexity index is 1160. The Kier molecular flexibility index (Phi) is 7.00. The summed E-state index contributed by atoms with van der Waals surface area (Å²) in [7, 11) is -3.94. The summed E-state index contributed by atoms with van der Waals surface area (Å²) in [5.74, 6) is -0.435. The number of benzene rings is 3. The lowest BCUT2D eigenvalue weighted by Crippen LogP contribution is -2.38. The van der Waals surface area contributed by atoms with Gasteiger partial charge in [-0.1, -0.05) is 49.6 Å². The predicted molar refractivity (Wildman–Crippen MR) is 127 cm³/mol. The summed E-state index contributed by atoms with van der Waals surface area (Å²) < 4.78 is 29.5. The highest BCUT2D eigenvalue weighted by molar-refractivity contribution is 9.10. The molecule has 8 heteroatoms. The van der Waals surface area contributed by atoms with Crippen LogP contribution in [0.25, 0.3) is 0 Å². The molecule has 3 rings (SSSR count). The van der Waals surface area contributed by atoms with Crippen molar-refractivity contribution in [1.29, 1.82) is 0 Å². The molecule has 0 bridgehead atoms. The molecule has 5 nitrogen and oxygen atoms in total. The van der Waals surface area contributed by atoms with Gasteiger partial charge in [0.15, 0.2) is 0 Å². The number of rotatable bonds is 6. The number of amides is 1. The Morgan fingerprint density at radius 3 is 2.17 bits per heavy atom. The lowest BCUT2D eigenvalue weighted by atomic mass is 10.2. The molecule has 3 aromatic carbocycles. The molecular weight excluding hydrogens is 532 g/mol. The SMILES string of the molecule is Cc1ccc(S(=O)(=O)N(CC(=O)Nc2ccc(Br)c(C)c2)c2ccc(Br)cc2)cc1. The van der Waals surface area contributed by atoms with Gasteiger partial charge in [-0.05, 0) is 74.0 Å². The van der Waals surface area contributed by atoms with Crippen LogP contribution in [0.3, 0.4) is 0 Å². The molecule has 0 saturated carbocycles. The monoisotopic (exact) mass is 550 g/mol. The third-order valence-corrected chi connectivity index (χ3v) is 7.66. The molecule has 0 heterocycles. The third kappa shape index (κ3) is 5.30. The van der Waals surface area contributed by atoms with Gasteiger partial charge in [0.2, 0.25) is 5.91 Å². The van der Waals surface area contributed by atoms with Crippen LogP contribution < -0.4 is 9.62 Å². The van der Waals surface area contributed by atoms with E-state index in [1.54, 1.807) is 54.6 Å². The van der Waals surface area contributed by atoms with Gasteiger partial charge in [0.25, 0.3) is 10.0 Å². The molecule has 0 saturated heterocycles. The molecule has 0 aromatic heterocycles. The average Bonchev–Trinajstić information content (AvgIpc) is 2.70. The number of sulfonamides is 1. The van der Waals surface area contributed by atoms with E-state index in [4.69, 9.17) is 0 Å². The maximum Gasteiger partial charge on any atom is 0.264 e. The van der Waals surface area contributed by atoms with Gasteiger partial charge in [0, 0.05) is 14.6 Å². The van der Waals surface area contributed by atoms with E-state index in [9.17, 15) is 13.2 Å². The first-order valence-corrected chi connectivity index (χ1v) is 12.1. The fourth-order valence-electron chi connectivity index (χ4n) is 2.81. The molecular formula is C22H20Br2N2O3S. The van der Waals surface area contributed by atoms with E-state index in [0.29, 0.717) is 11.4 Å². The fraction of sp³-hybridized carbons (Fsp3) is 0.136. The van der Waals surface area contributed by atoms with Crippen LogP contribution in [0.2, 0.25) is 0 Å². The Balaban J connectivity index is 1.93. The van der Waals surface area contributed by atoms with Crippen LogP contribution in [0.15, 0.2) is 80.6 Å². The van der Waals surface area contributed by atoms with Crippen LogP contribution in [-0.4, -0.2) is 20.9 Å². The van der Waals surface area contributed by atoms with Crippen molar-refractivity contribution in [1.82, 2.24) is 0 Å². The molecule has 0 aliphatic rings. The largest absolute Gasteiger partial charge is 0.325 e. The summed E-state index contributed by atoms with van der Waals surface area (Å²) in [4.78, 5) is 12.9. The molecule has 30 heavy (non-hydrogen) atoms. The van der Waals surface area contributed by atoms with Crippen molar-refractivity contribution < 1.29 is 13.2 Å². The lowest BCUT2D eigenvalue weighted by molar-refractivity contribution is -0.114. The zero-order valence-electron chi connectivity index (χ0n) is 16.4. The minimum Gasteiger partial charge on any atom is -0.325 e. The van der Waals surface area contributed by atoms with Gasteiger partial charge in [0.05, 0.1) is 10.6 Å². The van der Waals surface area contributed by atoms with Crippen molar-refractivity contribution >= 4 is 59.2 Å². The van der Waals surface area contributed by atoms with Gasteiger partial charge >= 0.3 is 0 Å². The van der Waals surface area contributed by atoms with E-state index in [2.05, 4.69) is 37.2 Å². The number of aryl methyl sites for hydroxylation is 2. The van der Waals surface area contributed by atoms with Crippen LogP contribution >= 0.6 is 31.9 Å². The maximum absolute atomic E-state index is 13.3. The predicted octanol–water partition coefficient (Wildman–Crippen LogP) is 5.66. The Labute approximate surface area is 193 Å². The van der Waals surface area contributed by atoms with E-state index in [1.165, 1.54) is 0 Å². The molecule has 1 N–H and O–H groups in total. The van der Waals surface area contributed by atoms with Crippen molar-refractivity contribution in [3.63, 3.8) is 0 Å². The van der Waals surface area contributed by atoms with Gasteiger partial charge in [-0.3, -0.25) is 9.10 Å². The van der Waals surface area contributed by atoms with Gasteiger partial charge in [-0.2, -0.15) is 0 Å². The first kappa shape index (κ1) is 22.5. The van der Waals surface area contributed by atoms with Crippen LogP contribution in [0.1, 0.15) is 11.1 Å². The minimum absolute atomic E-state index is 0.128. The highest BCUT2D eigenvalue weighted by Gasteiger charge is 2.27. The number of nitrogens with zero attached hydrogens (tertiary/aromatic N) is 1. The first-order chi connectivity index (χ1) is 14.2. The standard InChI is InChI=1S/C22H20Br2N2O3S/c1-15-3-10-20(11-4-15)30(28,29)26(19-8-5-17(23)6-9-19)14-22(27)25-18-7-12-21(24)16(2)13-18/h3-13H,14H2,1-2H3,(H,25,27). The zero-order chi connectivity index (χ0) is 21.9. The van der Waals surface area contributed by atoms with E-state index in [1.807, 2.05) is 26.0 Å². The second-order valence-electron chi connectivity index (χ2n) is 6.81. The second-order valence-corrected chi connectivity index (χ2v) is 10.4. The van der Waals surface area contributed by atoms with Gasteiger partial charge in [-0.25, -0.2) is 8.42 Å². The molecule has 0 unspecified atom stereocenters.